The Labute approximate surface area is 180 Å². The van der Waals surface area contributed by atoms with Gasteiger partial charge in [0.25, 0.3) is 0 Å². The van der Waals surface area contributed by atoms with Crippen LogP contribution < -0.4 is 0 Å². The zero-order chi connectivity index (χ0) is 22.2. The molecule has 2 aromatic heterocycles. The number of halogens is 4. The second-order valence-electron chi connectivity index (χ2n) is 6.98. The maximum Gasteiger partial charge on any atom is 0.451 e. The average molecular weight is 452 g/mol. The van der Waals surface area contributed by atoms with E-state index < -0.39 is 18.0 Å². The largest absolute Gasteiger partial charge is 0.464 e. The molecule has 0 fully saturated rings. The van der Waals surface area contributed by atoms with E-state index >= 15 is 0 Å². The molecule has 0 spiro atoms. The first-order valence-corrected chi connectivity index (χ1v) is 9.71. The quantitative estimate of drug-likeness (QED) is 0.563. The highest BCUT2D eigenvalue weighted by Gasteiger charge is 2.36. The second kappa shape index (κ2) is 8.27. The van der Waals surface area contributed by atoms with Gasteiger partial charge in [-0.3, -0.25) is 4.90 Å². The van der Waals surface area contributed by atoms with Crippen LogP contribution >= 0.6 is 11.6 Å². The molecular formula is C20H17ClF3N5O2. The number of rotatable bonds is 4. The summed E-state index contributed by atoms with van der Waals surface area (Å²) in [7, 11) is 1.26. The van der Waals surface area contributed by atoms with Gasteiger partial charge in [-0.05, 0) is 12.1 Å². The fraction of sp³-hybridized carbons (Fsp3) is 0.300. The lowest BCUT2D eigenvalue weighted by Gasteiger charge is -2.28. The fourth-order valence-electron chi connectivity index (χ4n) is 3.44. The first-order valence-electron chi connectivity index (χ1n) is 9.33. The minimum Gasteiger partial charge on any atom is -0.464 e. The van der Waals surface area contributed by atoms with Gasteiger partial charge >= 0.3 is 12.1 Å². The summed E-state index contributed by atoms with van der Waals surface area (Å²) < 4.78 is 44.9. The Hall–Kier alpha value is -2.98. The van der Waals surface area contributed by atoms with Gasteiger partial charge in [-0.2, -0.15) is 18.3 Å². The van der Waals surface area contributed by atoms with E-state index in [-0.39, 0.29) is 17.4 Å². The molecule has 7 nitrogen and oxygen atoms in total. The molecule has 1 aliphatic heterocycles. The van der Waals surface area contributed by atoms with Gasteiger partial charge in [0.15, 0.2) is 5.69 Å². The average Bonchev–Trinajstić information content (AvgIpc) is 3.09. The Balaban J connectivity index is 1.62. The van der Waals surface area contributed by atoms with Crippen molar-refractivity contribution in [2.75, 3.05) is 13.7 Å². The zero-order valence-corrected chi connectivity index (χ0v) is 17.1. The monoisotopic (exact) mass is 451 g/mol. The van der Waals surface area contributed by atoms with Crippen LogP contribution in [0.15, 0.2) is 36.5 Å². The number of methoxy groups -OCH3 is 1. The number of nitrogens with zero attached hydrogens (tertiary/aromatic N) is 5. The van der Waals surface area contributed by atoms with Crippen molar-refractivity contribution in [3.63, 3.8) is 0 Å². The van der Waals surface area contributed by atoms with Crippen LogP contribution in [0, 0.1) is 0 Å². The molecule has 1 aliphatic rings. The van der Waals surface area contributed by atoms with Crippen molar-refractivity contribution in [1.82, 2.24) is 24.6 Å². The molecule has 4 rings (SSSR count). The van der Waals surface area contributed by atoms with E-state index in [0.29, 0.717) is 42.0 Å². The molecule has 0 unspecified atom stereocenters. The highest BCUT2D eigenvalue weighted by molar-refractivity contribution is 6.31. The number of hydrogen-bond donors (Lipinski definition) is 0. The third-order valence-corrected chi connectivity index (χ3v) is 5.34. The maximum absolute atomic E-state index is 12.9. The highest BCUT2D eigenvalue weighted by atomic mass is 35.5. The molecule has 31 heavy (non-hydrogen) atoms. The number of hydrogen-bond acceptors (Lipinski definition) is 6. The number of ether oxygens (including phenoxy) is 1. The molecule has 0 saturated carbocycles. The van der Waals surface area contributed by atoms with E-state index in [1.165, 1.54) is 18.0 Å². The summed E-state index contributed by atoms with van der Waals surface area (Å²) in [5, 5.41) is 4.60. The predicted molar refractivity (Wildman–Crippen MR) is 105 cm³/mol. The molecular weight excluding hydrogens is 435 g/mol. The van der Waals surface area contributed by atoms with Gasteiger partial charge in [0, 0.05) is 43.4 Å². The van der Waals surface area contributed by atoms with Crippen molar-refractivity contribution < 1.29 is 22.7 Å². The summed E-state index contributed by atoms with van der Waals surface area (Å²) in [6.07, 6.45) is -3.06. The van der Waals surface area contributed by atoms with E-state index in [1.54, 1.807) is 12.1 Å². The second-order valence-corrected chi connectivity index (χ2v) is 7.34. The Kier molecular flexibility index (Phi) is 5.67. The molecule has 0 radical (unpaired) electrons. The van der Waals surface area contributed by atoms with E-state index in [9.17, 15) is 18.0 Å². The lowest BCUT2D eigenvalue weighted by Crippen LogP contribution is -2.32. The van der Waals surface area contributed by atoms with Crippen molar-refractivity contribution in [3.05, 3.63) is 70.0 Å². The molecule has 0 bridgehead atoms. The first kappa shape index (κ1) is 21.3. The summed E-state index contributed by atoms with van der Waals surface area (Å²) in [5.74, 6) is -1.76. The highest BCUT2D eigenvalue weighted by Crippen LogP contribution is 2.30. The number of carbonyl (C=O) groups is 1. The van der Waals surface area contributed by atoms with E-state index in [1.807, 2.05) is 23.1 Å². The summed E-state index contributed by atoms with van der Waals surface area (Å²) in [5.41, 5.74) is 2.23. The van der Waals surface area contributed by atoms with Gasteiger partial charge in [-0.1, -0.05) is 29.8 Å². The van der Waals surface area contributed by atoms with Crippen LogP contribution in [0.4, 0.5) is 13.2 Å². The Morgan fingerprint density at radius 2 is 2.00 bits per heavy atom. The third-order valence-electron chi connectivity index (χ3n) is 4.95. The van der Waals surface area contributed by atoms with Crippen molar-refractivity contribution >= 4 is 17.6 Å². The molecule has 162 valence electrons. The van der Waals surface area contributed by atoms with Crippen LogP contribution in [0.1, 0.15) is 33.1 Å². The molecule has 0 saturated heterocycles. The molecule has 1 aromatic carbocycles. The summed E-state index contributed by atoms with van der Waals surface area (Å²) in [4.78, 5) is 21.4. The minimum absolute atomic E-state index is 0.0887. The van der Waals surface area contributed by atoms with Crippen LogP contribution in [-0.4, -0.2) is 44.3 Å². The Bertz CT molecular complexity index is 1120. The predicted octanol–water partition coefficient (Wildman–Crippen LogP) is 3.68. The lowest BCUT2D eigenvalue weighted by atomic mass is 10.1. The standard InChI is InChI=1S/C20H17ClF3N5O2/c1-31-18(30)16-14(17(21)29(27-16)13-5-3-2-4-6-13)11-28-8-7-15-12(10-28)9-25-19(26-15)20(22,23)24/h2-6,9H,7-8,10-11H2,1H3. The molecule has 3 heterocycles. The first-order chi connectivity index (χ1) is 14.8. The van der Waals surface area contributed by atoms with Crippen LogP contribution in [-0.2, 0) is 30.4 Å². The number of esters is 1. The number of fused-ring (bicyclic) bond motifs is 1. The maximum atomic E-state index is 12.9. The summed E-state index contributed by atoms with van der Waals surface area (Å²) >= 11 is 6.57. The topological polar surface area (TPSA) is 73.1 Å². The minimum atomic E-state index is -4.58. The molecule has 0 atom stereocenters. The van der Waals surface area contributed by atoms with Crippen molar-refractivity contribution in [2.24, 2.45) is 0 Å². The van der Waals surface area contributed by atoms with Crippen LogP contribution in [0.2, 0.25) is 5.15 Å². The van der Waals surface area contributed by atoms with Gasteiger partial charge in [0.2, 0.25) is 5.82 Å². The molecule has 0 aliphatic carbocycles. The SMILES string of the molecule is COC(=O)c1nn(-c2ccccc2)c(Cl)c1CN1CCc2nc(C(F)(F)F)ncc2C1. The van der Waals surface area contributed by atoms with Crippen LogP contribution in [0.25, 0.3) is 5.69 Å². The van der Waals surface area contributed by atoms with E-state index in [0.717, 1.165) is 0 Å². The van der Waals surface area contributed by atoms with Crippen molar-refractivity contribution in [3.8, 4) is 5.69 Å². The summed E-state index contributed by atoms with van der Waals surface area (Å²) in [6.45, 7) is 1.02. The van der Waals surface area contributed by atoms with E-state index in [4.69, 9.17) is 16.3 Å². The smallest absolute Gasteiger partial charge is 0.451 e. The van der Waals surface area contributed by atoms with E-state index in [2.05, 4.69) is 15.1 Å². The fourth-order valence-corrected chi connectivity index (χ4v) is 3.73. The third kappa shape index (κ3) is 4.26. The van der Waals surface area contributed by atoms with Crippen molar-refractivity contribution in [2.45, 2.75) is 25.7 Å². The van der Waals surface area contributed by atoms with Gasteiger partial charge in [0.1, 0.15) is 5.15 Å². The van der Waals surface area contributed by atoms with Crippen LogP contribution in [0.3, 0.4) is 0 Å². The number of aromatic nitrogens is 4. The number of benzene rings is 1. The molecule has 0 amide bonds. The van der Waals surface area contributed by atoms with Gasteiger partial charge in [-0.25, -0.2) is 19.4 Å². The van der Waals surface area contributed by atoms with Gasteiger partial charge in [-0.15, -0.1) is 0 Å². The number of alkyl halides is 3. The Morgan fingerprint density at radius 1 is 1.26 bits per heavy atom. The normalized spacial score (nSPS) is 14.4. The van der Waals surface area contributed by atoms with Crippen molar-refractivity contribution in [1.29, 1.82) is 0 Å². The summed E-state index contributed by atoms with van der Waals surface area (Å²) in [6, 6.07) is 9.09. The van der Waals surface area contributed by atoms with Gasteiger partial charge in [0.05, 0.1) is 18.5 Å². The van der Waals surface area contributed by atoms with Gasteiger partial charge < -0.3 is 4.74 Å². The molecule has 0 N–H and O–H groups in total. The number of carbonyl (C=O) groups excluding carboxylic acids is 1. The van der Waals surface area contributed by atoms with Crippen LogP contribution in [0.5, 0.6) is 0 Å². The zero-order valence-electron chi connectivity index (χ0n) is 16.4. The Morgan fingerprint density at radius 3 is 2.68 bits per heavy atom. The number of para-hydroxylation sites is 1. The molecule has 3 aromatic rings. The molecule has 11 heteroatoms. The lowest BCUT2D eigenvalue weighted by molar-refractivity contribution is -0.145.